The fourth-order valence-electron chi connectivity index (χ4n) is 11.2. The van der Waals surface area contributed by atoms with E-state index in [1.54, 1.807) is 0 Å². The van der Waals surface area contributed by atoms with E-state index >= 15 is 0 Å². The molecule has 0 aromatic rings. The zero-order valence-corrected chi connectivity index (χ0v) is 26.1. The molecule has 0 saturated heterocycles. The molecular weight excluding hydrogens is 514 g/mol. The van der Waals surface area contributed by atoms with Crippen molar-refractivity contribution < 1.29 is 27.2 Å². The number of carbonyl (C=O) groups excluding carboxylic acids is 1. The Labute approximate surface area is 235 Å². The molecule has 39 heavy (non-hydrogen) atoms. The van der Waals surface area contributed by atoms with E-state index in [0.717, 1.165) is 51.4 Å². The zero-order valence-electron chi connectivity index (χ0n) is 25.3. The normalized spacial score (nSPS) is 48.5. The molecule has 0 radical (unpaired) electrons. The maximum absolute atomic E-state index is 13.4. The Kier molecular flexibility index (Phi) is 6.65. The molecule has 7 nitrogen and oxygen atoms in total. The summed E-state index contributed by atoms with van der Waals surface area (Å²) in [4.78, 5) is 13.4. The minimum atomic E-state index is -4.20. The fourth-order valence-corrected chi connectivity index (χ4v) is 11.7. The zero-order chi connectivity index (χ0) is 29.0. The van der Waals surface area contributed by atoms with Crippen LogP contribution in [0.5, 0.6) is 0 Å². The second kappa shape index (κ2) is 8.78. The standard InChI is InChI=1S/C31H51NO6S/c1-26(2)13-15-31(25(34)37-8)16-14-29(6)19(20(31)17-26)9-10-23-28(5)18-21(38-39(32,35)36)24(33)27(3,4)22(28)11-12-30(23,29)7/h9,20-24,33H,10-18H2,1-8H3,(H2,32,35,36)/t20-,21+,22-,23+,24-,28-,29+,30+,31-/m0/s1. The van der Waals surface area contributed by atoms with Gasteiger partial charge in [0.1, 0.15) is 6.10 Å². The largest absolute Gasteiger partial charge is 0.469 e. The quantitative estimate of drug-likeness (QED) is 0.344. The molecule has 0 amide bonds. The molecule has 9 atom stereocenters. The highest BCUT2D eigenvalue weighted by Gasteiger charge is 2.70. The van der Waals surface area contributed by atoms with Crippen LogP contribution in [-0.4, -0.2) is 38.8 Å². The van der Waals surface area contributed by atoms with Crippen molar-refractivity contribution in [1.29, 1.82) is 0 Å². The summed E-state index contributed by atoms with van der Waals surface area (Å²) < 4.78 is 34.8. The van der Waals surface area contributed by atoms with Crippen molar-refractivity contribution >= 4 is 16.3 Å². The van der Waals surface area contributed by atoms with Gasteiger partial charge in [0.15, 0.2) is 0 Å². The monoisotopic (exact) mass is 565 g/mol. The van der Waals surface area contributed by atoms with Crippen molar-refractivity contribution in [3.63, 3.8) is 0 Å². The molecular formula is C31H51NO6S. The van der Waals surface area contributed by atoms with Gasteiger partial charge in [0.25, 0.3) is 0 Å². The highest BCUT2D eigenvalue weighted by Crippen LogP contribution is 2.76. The summed E-state index contributed by atoms with van der Waals surface area (Å²) in [7, 11) is -2.67. The summed E-state index contributed by atoms with van der Waals surface area (Å²) in [6.07, 6.45) is 8.74. The molecule has 5 rings (SSSR count). The van der Waals surface area contributed by atoms with Crippen LogP contribution in [0, 0.1) is 50.2 Å². The number of ether oxygens (including phenoxy) is 1. The number of allylic oxidation sites excluding steroid dienone is 2. The molecule has 222 valence electrons. The number of hydrogen-bond donors (Lipinski definition) is 2. The van der Waals surface area contributed by atoms with E-state index in [1.165, 1.54) is 12.7 Å². The van der Waals surface area contributed by atoms with Gasteiger partial charge in [0.05, 0.1) is 18.6 Å². The van der Waals surface area contributed by atoms with E-state index in [1.807, 2.05) is 0 Å². The maximum atomic E-state index is 13.4. The Bertz CT molecular complexity index is 1180. The van der Waals surface area contributed by atoms with Gasteiger partial charge in [-0.25, -0.2) is 5.14 Å². The number of fused-ring (bicyclic) bond motifs is 7. The van der Waals surface area contributed by atoms with E-state index in [-0.39, 0.29) is 45.4 Å². The van der Waals surface area contributed by atoms with Gasteiger partial charge in [0, 0.05) is 0 Å². The van der Waals surface area contributed by atoms with Gasteiger partial charge in [0.2, 0.25) is 0 Å². The van der Waals surface area contributed by atoms with Crippen LogP contribution in [-0.2, 0) is 24.0 Å². The van der Waals surface area contributed by atoms with Crippen LogP contribution in [0.4, 0.5) is 0 Å². The number of nitrogens with two attached hydrogens (primary N) is 1. The first-order chi connectivity index (χ1) is 17.8. The van der Waals surface area contributed by atoms with Crippen molar-refractivity contribution in [2.24, 2.45) is 55.4 Å². The first kappa shape index (κ1) is 29.5. The van der Waals surface area contributed by atoms with Crippen molar-refractivity contribution in [3.05, 3.63) is 11.6 Å². The SMILES string of the molecule is COC(=O)[C@]12CCC(C)(C)C[C@H]1C1=CC[C@@H]3[C@@]4(C)C[C@@H](OS(N)(=O)=O)[C@H](O)C(C)(C)[C@@H]4CC[C@@]3(C)[C@]1(C)CC2. The molecule has 0 aromatic heterocycles. The molecule has 4 fully saturated rings. The van der Waals surface area contributed by atoms with Crippen molar-refractivity contribution in [1.82, 2.24) is 0 Å². The molecule has 0 heterocycles. The van der Waals surface area contributed by atoms with Gasteiger partial charge < -0.3 is 9.84 Å². The number of rotatable bonds is 3. The smallest absolute Gasteiger partial charge is 0.333 e. The number of aliphatic hydroxyl groups excluding tert-OH is 1. The minimum absolute atomic E-state index is 0.0310. The Morgan fingerprint density at radius 3 is 2.23 bits per heavy atom. The second-order valence-corrected chi connectivity index (χ2v) is 17.1. The lowest BCUT2D eigenvalue weighted by Gasteiger charge is -2.71. The van der Waals surface area contributed by atoms with Gasteiger partial charge in [-0.1, -0.05) is 60.1 Å². The van der Waals surface area contributed by atoms with Crippen LogP contribution in [0.3, 0.4) is 0 Å². The topological polar surface area (TPSA) is 116 Å². The predicted molar refractivity (Wildman–Crippen MR) is 150 cm³/mol. The van der Waals surface area contributed by atoms with Gasteiger partial charge in [-0.15, -0.1) is 0 Å². The first-order valence-corrected chi connectivity index (χ1v) is 16.4. The number of methoxy groups -OCH3 is 1. The third-order valence-corrected chi connectivity index (χ3v) is 13.9. The predicted octanol–water partition coefficient (Wildman–Crippen LogP) is 5.52. The van der Waals surface area contributed by atoms with Crippen LogP contribution in [0.1, 0.15) is 106 Å². The van der Waals surface area contributed by atoms with Crippen molar-refractivity contribution in [2.75, 3.05) is 7.11 Å². The Balaban J connectivity index is 1.60. The van der Waals surface area contributed by atoms with E-state index in [2.05, 4.69) is 54.5 Å². The number of esters is 1. The van der Waals surface area contributed by atoms with E-state index in [4.69, 9.17) is 14.1 Å². The summed E-state index contributed by atoms with van der Waals surface area (Å²) in [6.45, 7) is 16.0. The summed E-state index contributed by atoms with van der Waals surface area (Å²) in [5.41, 5.74) is 0.329. The average Bonchev–Trinajstić information content (AvgIpc) is 2.81. The summed E-state index contributed by atoms with van der Waals surface area (Å²) in [6, 6.07) is 0. The molecule has 5 aliphatic rings. The molecule has 4 saturated carbocycles. The summed E-state index contributed by atoms with van der Waals surface area (Å²) in [5, 5.41) is 16.6. The van der Waals surface area contributed by atoms with Gasteiger partial charge in [-0.05, 0) is 103 Å². The highest BCUT2D eigenvalue weighted by molar-refractivity contribution is 7.84. The molecule has 0 spiro atoms. The lowest BCUT2D eigenvalue weighted by atomic mass is 9.33. The van der Waals surface area contributed by atoms with Crippen LogP contribution in [0.25, 0.3) is 0 Å². The Hall–Kier alpha value is -0.960. The van der Waals surface area contributed by atoms with Crippen molar-refractivity contribution in [2.45, 2.75) is 118 Å². The number of aliphatic hydroxyl groups is 1. The lowest BCUT2D eigenvalue weighted by molar-refractivity contribution is -0.227. The van der Waals surface area contributed by atoms with Crippen LogP contribution in [0.2, 0.25) is 0 Å². The van der Waals surface area contributed by atoms with Crippen LogP contribution in [0.15, 0.2) is 11.6 Å². The molecule has 0 aromatic carbocycles. The number of hydrogen-bond acceptors (Lipinski definition) is 6. The lowest BCUT2D eigenvalue weighted by Crippen LogP contribution is -2.67. The summed E-state index contributed by atoms with van der Waals surface area (Å²) >= 11 is 0. The highest BCUT2D eigenvalue weighted by atomic mass is 32.2. The molecule has 0 unspecified atom stereocenters. The molecule has 5 aliphatic carbocycles. The van der Waals surface area contributed by atoms with Gasteiger partial charge in [-0.3, -0.25) is 8.98 Å². The third kappa shape index (κ3) is 4.04. The number of carbonyl (C=O) groups is 1. The van der Waals surface area contributed by atoms with Crippen molar-refractivity contribution in [3.8, 4) is 0 Å². The van der Waals surface area contributed by atoms with Gasteiger partial charge >= 0.3 is 16.3 Å². The van der Waals surface area contributed by atoms with E-state index in [9.17, 15) is 18.3 Å². The Morgan fingerprint density at radius 1 is 0.974 bits per heavy atom. The maximum Gasteiger partial charge on any atom is 0.333 e. The fraction of sp³-hybridized carbons (Fsp3) is 0.903. The van der Waals surface area contributed by atoms with E-state index in [0.29, 0.717) is 6.42 Å². The van der Waals surface area contributed by atoms with Gasteiger partial charge in [-0.2, -0.15) is 8.42 Å². The first-order valence-electron chi connectivity index (χ1n) is 15.0. The second-order valence-electron chi connectivity index (χ2n) is 16.0. The van der Waals surface area contributed by atoms with E-state index < -0.39 is 33.3 Å². The van der Waals surface area contributed by atoms with Crippen LogP contribution < -0.4 is 5.14 Å². The summed E-state index contributed by atoms with van der Waals surface area (Å²) in [5.74, 6) is 0.653. The molecule has 0 aliphatic heterocycles. The minimum Gasteiger partial charge on any atom is -0.469 e. The van der Waals surface area contributed by atoms with Crippen LogP contribution >= 0.6 is 0 Å². The Morgan fingerprint density at radius 2 is 1.62 bits per heavy atom. The molecule has 0 bridgehead atoms. The molecule has 3 N–H and O–H groups in total. The molecule has 8 heteroatoms. The average molecular weight is 566 g/mol. The third-order valence-electron chi connectivity index (χ3n) is 13.4.